The molecule has 0 aromatic rings. The highest BCUT2D eigenvalue weighted by Gasteiger charge is 2.18. The Bertz CT molecular complexity index is 115. The first kappa shape index (κ1) is 11.9. The Hall–Kier alpha value is -0.120. The van der Waals surface area contributed by atoms with Gasteiger partial charge in [-0.05, 0) is 20.5 Å². The lowest BCUT2D eigenvalue weighted by Gasteiger charge is -2.29. The number of rotatable bonds is 5. The fourth-order valence-electron chi connectivity index (χ4n) is 1.20. The third-order valence-electron chi connectivity index (χ3n) is 1.88. The Morgan fingerprint density at radius 1 is 1.33 bits per heavy atom. The van der Waals surface area contributed by atoms with Crippen LogP contribution in [0.15, 0.2) is 0 Å². The summed E-state index contributed by atoms with van der Waals surface area (Å²) in [5, 5.41) is 13.0. The molecule has 0 aliphatic heterocycles. The van der Waals surface area contributed by atoms with Gasteiger partial charge in [-0.3, -0.25) is 4.90 Å². The summed E-state index contributed by atoms with van der Waals surface area (Å²) >= 11 is 0. The lowest BCUT2D eigenvalue weighted by atomic mass is 10.1. The van der Waals surface area contributed by atoms with E-state index < -0.39 is 6.23 Å². The highest BCUT2D eigenvalue weighted by molar-refractivity contribution is 4.73. The van der Waals surface area contributed by atoms with Crippen molar-refractivity contribution in [3.8, 4) is 0 Å². The predicted molar refractivity (Wildman–Crippen MR) is 52.0 cm³/mol. The molecule has 74 valence electrons. The Morgan fingerprint density at radius 2 is 1.83 bits per heavy atom. The number of hydrogen-bond donors (Lipinski definition) is 2. The van der Waals surface area contributed by atoms with Crippen LogP contribution < -0.4 is 5.32 Å². The maximum atomic E-state index is 9.70. The van der Waals surface area contributed by atoms with Crippen LogP contribution in [-0.4, -0.2) is 42.4 Å². The molecule has 0 heterocycles. The van der Waals surface area contributed by atoms with Crippen molar-refractivity contribution in [3.05, 3.63) is 0 Å². The second-order valence-corrected chi connectivity index (χ2v) is 3.71. The van der Waals surface area contributed by atoms with Crippen LogP contribution in [0.25, 0.3) is 0 Å². The van der Waals surface area contributed by atoms with Gasteiger partial charge >= 0.3 is 0 Å². The van der Waals surface area contributed by atoms with Crippen LogP contribution in [-0.2, 0) is 0 Å². The van der Waals surface area contributed by atoms with Gasteiger partial charge in [-0.2, -0.15) is 0 Å². The molecular weight excluding hydrogens is 152 g/mol. The van der Waals surface area contributed by atoms with Gasteiger partial charge in [-0.15, -0.1) is 0 Å². The van der Waals surface area contributed by atoms with Crippen molar-refractivity contribution in [2.45, 2.75) is 45.5 Å². The van der Waals surface area contributed by atoms with Crippen LogP contribution in [0.4, 0.5) is 0 Å². The van der Waals surface area contributed by atoms with E-state index in [-0.39, 0.29) is 6.04 Å². The van der Waals surface area contributed by atoms with Gasteiger partial charge in [0, 0.05) is 12.1 Å². The average molecular weight is 174 g/mol. The summed E-state index contributed by atoms with van der Waals surface area (Å²) in [4.78, 5) is 1.82. The predicted octanol–water partition coefficient (Wildman–Crippen LogP) is 0.643. The molecule has 0 aliphatic rings. The van der Waals surface area contributed by atoms with E-state index >= 15 is 0 Å². The highest BCUT2D eigenvalue weighted by atomic mass is 16.3. The summed E-state index contributed by atoms with van der Waals surface area (Å²) in [6, 6.07) is 0.588. The van der Waals surface area contributed by atoms with Gasteiger partial charge in [0.1, 0.15) is 6.23 Å². The summed E-state index contributed by atoms with van der Waals surface area (Å²) in [6.07, 6.45) is 0.551. The number of nitrogens with one attached hydrogen (secondary N) is 1. The van der Waals surface area contributed by atoms with E-state index in [1.807, 2.05) is 19.0 Å². The van der Waals surface area contributed by atoms with E-state index in [0.717, 1.165) is 6.42 Å². The molecule has 0 fully saturated rings. The van der Waals surface area contributed by atoms with Gasteiger partial charge in [-0.25, -0.2) is 0 Å². The number of likely N-dealkylation sites (N-methyl/N-ethyl adjacent to an activating group) is 1. The molecule has 3 heteroatoms. The lowest BCUT2D eigenvalue weighted by Crippen LogP contribution is -2.49. The van der Waals surface area contributed by atoms with Crippen LogP contribution in [0, 0.1) is 0 Å². The minimum Gasteiger partial charge on any atom is -0.377 e. The molecule has 0 aliphatic carbocycles. The van der Waals surface area contributed by atoms with Crippen LogP contribution in [0.1, 0.15) is 27.2 Å². The fraction of sp³-hybridized carbons (Fsp3) is 1.00. The molecule has 0 saturated carbocycles. The first-order valence-electron chi connectivity index (χ1n) is 4.59. The minimum atomic E-state index is -0.391. The van der Waals surface area contributed by atoms with E-state index in [4.69, 9.17) is 0 Å². The van der Waals surface area contributed by atoms with Gasteiger partial charge in [0.05, 0.1) is 0 Å². The second-order valence-electron chi connectivity index (χ2n) is 3.71. The van der Waals surface area contributed by atoms with Gasteiger partial charge in [0.15, 0.2) is 0 Å². The van der Waals surface area contributed by atoms with Crippen LogP contribution in [0.5, 0.6) is 0 Å². The Morgan fingerprint density at radius 3 is 2.08 bits per heavy atom. The second kappa shape index (κ2) is 5.51. The summed E-state index contributed by atoms with van der Waals surface area (Å²) in [5.41, 5.74) is 0. The van der Waals surface area contributed by atoms with Crippen molar-refractivity contribution >= 4 is 0 Å². The van der Waals surface area contributed by atoms with Crippen molar-refractivity contribution < 1.29 is 5.11 Å². The monoisotopic (exact) mass is 174 g/mol. The SMILES string of the molecule is CC[C@H](NC(C)C)[C@H](O)N(C)C. The van der Waals surface area contributed by atoms with Gasteiger partial charge in [0.2, 0.25) is 0 Å². The number of aliphatic hydroxyl groups excluding tert-OH is 1. The molecule has 3 nitrogen and oxygen atoms in total. The van der Waals surface area contributed by atoms with Crippen molar-refractivity contribution in [2.75, 3.05) is 14.1 Å². The molecule has 0 radical (unpaired) electrons. The van der Waals surface area contributed by atoms with E-state index in [1.54, 1.807) is 0 Å². The molecule has 2 N–H and O–H groups in total. The zero-order valence-corrected chi connectivity index (χ0v) is 8.83. The number of hydrogen-bond acceptors (Lipinski definition) is 3. The normalized spacial score (nSPS) is 17.0. The van der Waals surface area contributed by atoms with Crippen LogP contribution in [0.3, 0.4) is 0 Å². The van der Waals surface area contributed by atoms with E-state index in [2.05, 4.69) is 26.1 Å². The molecule has 0 aromatic carbocycles. The first-order valence-corrected chi connectivity index (χ1v) is 4.59. The quantitative estimate of drug-likeness (QED) is 0.601. The molecule has 2 atom stereocenters. The molecular formula is C9H22N2O. The minimum absolute atomic E-state index is 0.167. The maximum absolute atomic E-state index is 9.70. The Balaban J connectivity index is 3.96. The molecule has 0 aromatic heterocycles. The Labute approximate surface area is 75.8 Å². The zero-order chi connectivity index (χ0) is 9.72. The third kappa shape index (κ3) is 4.04. The van der Waals surface area contributed by atoms with E-state index in [0.29, 0.717) is 6.04 Å². The van der Waals surface area contributed by atoms with Gasteiger partial charge in [-0.1, -0.05) is 20.8 Å². The molecule has 0 bridgehead atoms. The molecule has 0 unspecified atom stereocenters. The summed E-state index contributed by atoms with van der Waals surface area (Å²) in [5.74, 6) is 0. The largest absolute Gasteiger partial charge is 0.377 e. The van der Waals surface area contributed by atoms with E-state index in [9.17, 15) is 5.11 Å². The van der Waals surface area contributed by atoms with Crippen molar-refractivity contribution in [2.24, 2.45) is 0 Å². The van der Waals surface area contributed by atoms with Crippen molar-refractivity contribution in [1.82, 2.24) is 10.2 Å². The van der Waals surface area contributed by atoms with Gasteiger partial charge < -0.3 is 10.4 Å². The highest BCUT2D eigenvalue weighted by Crippen LogP contribution is 2.02. The average Bonchev–Trinajstić information content (AvgIpc) is 1.98. The molecule has 0 rings (SSSR count). The third-order valence-corrected chi connectivity index (χ3v) is 1.88. The van der Waals surface area contributed by atoms with Crippen molar-refractivity contribution in [3.63, 3.8) is 0 Å². The maximum Gasteiger partial charge on any atom is 0.122 e. The van der Waals surface area contributed by atoms with Crippen LogP contribution in [0.2, 0.25) is 0 Å². The molecule has 0 spiro atoms. The topological polar surface area (TPSA) is 35.5 Å². The standard InChI is InChI=1S/C9H22N2O/c1-6-8(10-7(2)3)9(12)11(4)5/h7-10,12H,6H2,1-5H3/t8-,9-/m0/s1. The smallest absolute Gasteiger partial charge is 0.122 e. The number of nitrogens with zero attached hydrogens (tertiary/aromatic N) is 1. The van der Waals surface area contributed by atoms with Crippen LogP contribution >= 0.6 is 0 Å². The summed E-state index contributed by atoms with van der Waals surface area (Å²) in [7, 11) is 3.77. The fourth-order valence-corrected chi connectivity index (χ4v) is 1.20. The molecule has 12 heavy (non-hydrogen) atoms. The Kier molecular flexibility index (Phi) is 5.46. The zero-order valence-electron chi connectivity index (χ0n) is 8.83. The summed E-state index contributed by atoms with van der Waals surface area (Å²) < 4.78 is 0. The van der Waals surface area contributed by atoms with Gasteiger partial charge in [0.25, 0.3) is 0 Å². The molecule has 0 saturated heterocycles. The first-order chi connectivity index (χ1) is 5.49. The number of aliphatic hydroxyl groups is 1. The molecule has 0 amide bonds. The van der Waals surface area contributed by atoms with Crippen molar-refractivity contribution in [1.29, 1.82) is 0 Å². The van der Waals surface area contributed by atoms with E-state index in [1.165, 1.54) is 0 Å². The summed E-state index contributed by atoms with van der Waals surface area (Å²) in [6.45, 7) is 6.25. The lowest BCUT2D eigenvalue weighted by molar-refractivity contribution is 0.00400.